The van der Waals surface area contributed by atoms with Gasteiger partial charge >= 0.3 is 0 Å². The molecule has 55 heavy (non-hydrogen) atoms. The average molecular weight is 705 g/mol. The van der Waals surface area contributed by atoms with Gasteiger partial charge in [0.25, 0.3) is 0 Å². The molecule has 3 nitrogen and oxygen atoms in total. The van der Waals surface area contributed by atoms with Gasteiger partial charge in [-0.25, -0.2) is 0 Å². The number of rotatable bonds is 7. The topological polar surface area (TPSA) is 15.7 Å². The van der Waals surface area contributed by atoms with Crippen LogP contribution in [-0.4, -0.2) is 0 Å². The van der Waals surface area contributed by atoms with Gasteiger partial charge in [0.2, 0.25) is 0 Å². The van der Waals surface area contributed by atoms with Crippen molar-refractivity contribution in [2.24, 2.45) is 0 Å². The summed E-state index contributed by atoms with van der Waals surface area (Å²) in [6.45, 7) is 0. The van der Waals surface area contributed by atoms with E-state index in [1.165, 1.54) is 33.0 Å². The quantitative estimate of drug-likeness (QED) is 0.164. The number of ether oxygens (including phenoxy) is 1. The van der Waals surface area contributed by atoms with Crippen LogP contribution >= 0.6 is 0 Å². The zero-order chi connectivity index (χ0) is 36.6. The van der Waals surface area contributed by atoms with Gasteiger partial charge in [0.05, 0.1) is 11.4 Å². The monoisotopic (exact) mass is 704 g/mol. The van der Waals surface area contributed by atoms with E-state index in [9.17, 15) is 0 Å². The molecule has 0 fully saturated rings. The molecular formula is C52H36N2O. The largest absolute Gasteiger partial charge is 0.453 e. The number of nitrogens with zero attached hydrogens (tertiary/aromatic N) is 2. The Morgan fingerprint density at radius 2 is 0.818 bits per heavy atom. The Kier molecular flexibility index (Phi) is 8.16. The molecule has 0 bridgehead atoms. The van der Waals surface area contributed by atoms with Crippen molar-refractivity contribution in [3.05, 3.63) is 218 Å². The molecule has 0 aliphatic carbocycles. The highest BCUT2D eigenvalue weighted by Crippen LogP contribution is 2.51. The van der Waals surface area contributed by atoms with E-state index in [1.54, 1.807) is 0 Å². The van der Waals surface area contributed by atoms with Crippen LogP contribution in [-0.2, 0) is 0 Å². The summed E-state index contributed by atoms with van der Waals surface area (Å²) in [5.74, 6) is 1.67. The summed E-state index contributed by atoms with van der Waals surface area (Å²) in [6.07, 6.45) is 0. The summed E-state index contributed by atoms with van der Waals surface area (Å²) < 4.78 is 6.52. The van der Waals surface area contributed by atoms with Crippen LogP contribution in [0.15, 0.2) is 218 Å². The fourth-order valence-electron chi connectivity index (χ4n) is 7.67. The molecule has 9 aromatic carbocycles. The van der Waals surface area contributed by atoms with E-state index in [1.807, 2.05) is 18.2 Å². The summed E-state index contributed by atoms with van der Waals surface area (Å²) in [6, 6.07) is 77.5. The third-order valence-corrected chi connectivity index (χ3v) is 10.4. The van der Waals surface area contributed by atoms with E-state index in [0.29, 0.717) is 0 Å². The molecule has 0 saturated carbocycles. The van der Waals surface area contributed by atoms with Gasteiger partial charge in [-0.2, -0.15) is 0 Å². The van der Waals surface area contributed by atoms with E-state index in [-0.39, 0.29) is 0 Å². The third kappa shape index (κ3) is 6.18. The molecule has 1 heterocycles. The minimum Gasteiger partial charge on any atom is -0.453 e. The first-order chi connectivity index (χ1) is 27.2. The van der Waals surface area contributed by atoms with Crippen LogP contribution < -0.4 is 14.5 Å². The molecule has 0 amide bonds. The maximum atomic E-state index is 6.52. The van der Waals surface area contributed by atoms with Crippen molar-refractivity contribution in [2.45, 2.75) is 0 Å². The first-order valence-electron chi connectivity index (χ1n) is 18.7. The SMILES string of the molecule is c1ccc(-c2cccc(-c3ccc(N(c4ccc(-c5ccc6c(c5)Oc5ccccc5N6c5ccccc5)cc4)c4ccc5ccccc5c4)cc3)c2)cc1. The van der Waals surface area contributed by atoms with E-state index < -0.39 is 0 Å². The van der Waals surface area contributed by atoms with Crippen molar-refractivity contribution in [2.75, 3.05) is 9.80 Å². The molecule has 3 heteroatoms. The molecular weight excluding hydrogens is 669 g/mol. The minimum absolute atomic E-state index is 0.830. The lowest BCUT2D eigenvalue weighted by molar-refractivity contribution is 0.477. The molecule has 0 atom stereocenters. The molecule has 1 aliphatic rings. The third-order valence-electron chi connectivity index (χ3n) is 10.4. The summed E-state index contributed by atoms with van der Waals surface area (Å²) in [4.78, 5) is 4.61. The van der Waals surface area contributed by atoms with Crippen LogP contribution in [0.2, 0.25) is 0 Å². The standard InChI is InChI=1S/C52H36N2O/c1-3-12-37(13-4-1)41-16-11-17-42(34-41)39-22-28-46(29-23-39)53(48-32-26-38-14-7-8-15-43(38)35-48)47-30-24-40(25-31-47)44-27-33-50-52(36-44)55-51-21-10-9-20-49(51)54(50)45-18-5-2-6-19-45/h1-36H. The predicted molar refractivity (Wildman–Crippen MR) is 230 cm³/mol. The predicted octanol–water partition coefficient (Wildman–Crippen LogP) is 14.9. The van der Waals surface area contributed by atoms with Gasteiger partial charge in [-0.1, -0.05) is 140 Å². The highest BCUT2D eigenvalue weighted by molar-refractivity contribution is 5.91. The van der Waals surface area contributed by atoms with Crippen LogP contribution in [0.3, 0.4) is 0 Å². The van der Waals surface area contributed by atoms with Gasteiger partial charge in [-0.05, 0) is 123 Å². The Morgan fingerprint density at radius 1 is 0.309 bits per heavy atom. The van der Waals surface area contributed by atoms with E-state index in [0.717, 1.165) is 56.8 Å². The van der Waals surface area contributed by atoms with Crippen molar-refractivity contribution < 1.29 is 4.74 Å². The molecule has 0 saturated heterocycles. The molecule has 10 rings (SSSR count). The van der Waals surface area contributed by atoms with Gasteiger partial charge in [0.15, 0.2) is 11.5 Å². The summed E-state index contributed by atoms with van der Waals surface area (Å²) in [5, 5.41) is 2.43. The van der Waals surface area contributed by atoms with Crippen LogP contribution in [0.25, 0.3) is 44.2 Å². The average Bonchev–Trinajstić information content (AvgIpc) is 3.26. The van der Waals surface area contributed by atoms with Crippen molar-refractivity contribution in [1.29, 1.82) is 0 Å². The highest BCUT2D eigenvalue weighted by Gasteiger charge is 2.26. The van der Waals surface area contributed by atoms with E-state index in [2.05, 4.69) is 210 Å². The fourth-order valence-corrected chi connectivity index (χ4v) is 7.67. The Hall–Kier alpha value is -7.36. The van der Waals surface area contributed by atoms with Crippen molar-refractivity contribution in [3.8, 4) is 44.9 Å². The lowest BCUT2D eigenvalue weighted by Crippen LogP contribution is -2.15. The molecule has 260 valence electrons. The van der Waals surface area contributed by atoms with Crippen LogP contribution in [0.4, 0.5) is 34.1 Å². The number of hydrogen-bond acceptors (Lipinski definition) is 3. The lowest BCUT2D eigenvalue weighted by atomic mass is 9.98. The van der Waals surface area contributed by atoms with Gasteiger partial charge in [-0.15, -0.1) is 0 Å². The zero-order valence-electron chi connectivity index (χ0n) is 30.1. The van der Waals surface area contributed by atoms with Crippen LogP contribution in [0, 0.1) is 0 Å². The normalized spacial score (nSPS) is 11.7. The van der Waals surface area contributed by atoms with Gasteiger partial charge in [-0.3, -0.25) is 0 Å². The summed E-state index contributed by atoms with van der Waals surface area (Å²) in [5.41, 5.74) is 13.4. The van der Waals surface area contributed by atoms with Crippen molar-refractivity contribution in [1.82, 2.24) is 0 Å². The first kappa shape index (κ1) is 32.3. The maximum Gasteiger partial charge on any atom is 0.152 e. The van der Waals surface area contributed by atoms with Gasteiger partial charge in [0, 0.05) is 22.7 Å². The molecule has 0 N–H and O–H groups in total. The number of benzene rings is 9. The molecule has 1 aliphatic heterocycles. The Balaban J connectivity index is 1.00. The first-order valence-corrected chi connectivity index (χ1v) is 18.7. The molecule has 9 aromatic rings. The Labute approximate surface area is 321 Å². The second-order valence-corrected chi connectivity index (χ2v) is 13.8. The molecule has 0 radical (unpaired) electrons. The highest BCUT2D eigenvalue weighted by atomic mass is 16.5. The maximum absolute atomic E-state index is 6.52. The molecule has 0 spiro atoms. The molecule has 0 aromatic heterocycles. The number of hydrogen-bond donors (Lipinski definition) is 0. The van der Waals surface area contributed by atoms with Gasteiger partial charge in [0.1, 0.15) is 0 Å². The van der Waals surface area contributed by atoms with E-state index in [4.69, 9.17) is 4.74 Å². The second kappa shape index (κ2) is 13.9. The van der Waals surface area contributed by atoms with E-state index >= 15 is 0 Å². The zero-order valence-corrected chi connectivity index (χ0v) is 30.1. The number of para-hydroxylation sites is 3. The number of anilines is 6. The van der Waals surface area contributed by atoms with Crippen molar-refractivity contribution >= 4 is 44.9 Å². The summed E-state index contributed by atoms with van der Waals surface area (Å²) in [7, 11) is 0. The fraction of sp³-hybridized carbons (Fsp3) is 0. The Bertz CT molecular complexity index is 2780. The molecule has 0 unspecified atom stereocenters. The smallest absolute Gasteiger partial charge is 0.152 e. The van der Waals surface area contributed by atoms with Crippen LogP contribution in [0.1, 0.15) is 0 Å². The summed E-state index contributed by atoms with van der Waals surface area (Å²) >= 11 is 0. The Morgan fingerprint density at radius 3 is 1.53 bits per heavy atom. The van der Waals surface area contributed by atoms with Crippen molar-refractivity contribution in [3.63, 3.8) is 0 Å². The number of fused-ring (bicyclic) bond motifs is 3. The lowest BCUT2D eigenvalue weighted by Gasteiger charge is -2.33. The minimum atomic E-state index is 0.830. The second-order valence-electron chi connectivity index (χ2n) is 13.8. The van der Waals surface area contributed by atoms with Crippen LogP contribution in [0.5, 0.6) is 11.5 Å². The van der Waals surface area contributed by atoms with Gasteiger partial charge < -0.3 is 14.5 Å².